The van der Waals surface area contributed by atoms with Crippen LogP contribution in [0.2, 0.25) is 5.02 Å². The number of para-hydroxylation sites is 1. The van der Waals surface area contributed by atoms with Crippen molar-refractivity contribution >= 4 is 58.4 Å². The largest absolute Gasteiger partial charge is 0.324 e. The van der Waals surface area contributed by atoms with Crippen LogP contribution in [0.1, 0.15) is 5.56 Å². The highest BCUT2D eigenvalue weighted by Crippen LogP contribution is 2.24. The second-order valence-electron chi connectivity index (χ2n) is 7.06. The molecule has 180 valence electrons. The first-order valence-electron chi connectivity index (χ1n) is 10.2. The molecule has 0 unspecified atom stereocenters. The molecule has 0 amide bonds. The maximum Gasteiger partial charge on any atom is 0.288 e. The summed E-state index contributed by atoms with van der Waals surface area (Å²) in [4.78, 5) is 33.8. The Balaban J connectivity index is 1.58. The molecule has 14 heteroatoms. The number of hydrazone groups is 1. The van der Waals surface area contributed by atoms with Gasteiger partial charge in [0.25, 0.3) is 11.4 Å². The van der Waals surface area contributed by atoms with Crippen LogP contribution in [0.5, 0.6) is 0 Å². The summed E-state index contributed by atoms with van der Waals surface area (Å²) in [5.41, 5.74) is 4.04. The first-order valence-corrected chi connectivity index (χ1v) is 10.6. The number of benzene rings is 3. The zero-order valence-electron chi connectivity index (χ0n) is 18.2. The molecular formula is C22H16ClN9O4. The number of hydrogen-bond acceptors (Lipinski definition) is 11. The van der Waals surface area contributed by atoms with Gasteiger partial charge < -0.3 is 10.6 Å². The molecule has 3 aromatic carbocycles. The Morgan fingerprint density at radius 3 is 2.00 bits per heavy atom. The van der Waals surface area contributed by atoms with Crippen LogP contribution < -0.4 is 16.1 Å². The Labute approximate surface area is 208 Å². The topological polar surface area (TPSA) is 173 Å². The molecule has 1 aromatic heterocycles. The number of nitrogens with zero attached hydrogens (tertiary/aromatic N) is 6. The second-order valence-corrected chi connectivity index (χ2v) is 7.47. The third kappa shape index (κ3) is 6.24. The molecule has 0 fully saturated rings. The minimum absolute atomic E-state index is 0.0150. The van der Waals surface area contributed by atoms with E-state index in [0.29, 0.717) is 11.3 Å². The molecule has 3 N–H and O–H groups in total. The van der Waals surface area contributed by atoms with Crippen molar-refractivity contribution in [3.63, 3.8) is 0 Å². The van der Waals surface area contributed by atoms with E-state index in [1.807, 2.05) is 30.3 Å². The maximum absolute atomic E-state index is 11.1. The molecule has 0 spiro atoms. The Hall–Kier alpha value is -5.17. The third-order valence-corrected chi connectivity index (χ3v) is 4.86. The monoisotopic (exact) mass is 505 g/mol. The summed E-state index contributed by atoms with van der Waals surface area (Å²) in [6.07, 6.45) is 1.35. The van der Waals surface area contributed by atoms with Crippen LogP contribution >= 0.6 is 11.6 Å². The van der Waals surface area contributed by atoms with Gasteiger partial charge in [0.1, 0.15) is 5.02 Å². The number of nitro groups is 2. The Kier molecular flexibility index (Phi) is 7.22. The molecule has 36 heavy (non-hydrogen) atoms. The summed E-state index contributed by atoms with van der Waals surface area (Å²) < 4.78 is 0. The van der Waals surface area contributed by atoms with Gasteiger partial charge in [0.15, 0.2) is 0 Å². The molecule has 0 aliphatic carbocycles. The van der Waals surface area contributed by atoms with Crippen LogP contribution in [-0.2, 0) is 0 Å². The van der Waals surface area contributed by atoms with Crippen LogP contribution in [0, 0.1) is 20.2 Å². The van der Waals surface area contributed by atoms with Gasteiger partial charge >= 0.3 is 0 Å². The van der Waals surface area contributed by atoms with Crippen molar-refractivity contribution in [2.75, 3.05) is 16.1 Å². The number of halogens is 1. The van der Waals surface area contributed by atoms with Gasteiger partial charge in [-0.1, -0.05) is 35.9 Å². The molecule has 0 radical (unpaired) electrons. The average Bonchev–Trinajstić information content (AvgIpc) is 2.86. The van der Waals surface area contributed by atoms with Gasteiger partial charge in [0, 0.05) is 35.1 Å². The van der Waals surface area contributed by atoms with E-state index in [2.05, 4.69) is 36.1 Å². The molecule has 1 heterocycles. The highest BCUT2D eigenvalue weighted by atomic mass is 35.5. The van der Waals surface area contributed by atoms with E-state index in [0.717, 1.165) is 5.69 Å². The predicted molar refractivity (Wildman–Crippen MR) is 135 cm³/mol. The van der Waals surface area contributed by atoms with Gasteiger partial charge in [-0.05, 0) is 30.3 Å². The lowest BCUT2D eigenvalue weighted by molar-refractivity contribution is -0.385. The molecule has 0 bridgehead atoms. The Morgan fingerprint density at radius 1 is 0.778 bits per heavy atom. The van der Waals surface area contributed by atoms with Crippen molar-refractivity contribution in [1.29, 1.82) is 0 Å². The Bertz CT molecular complexity index is 1430. The number of non-ortho nitro benzene ring substituents is 1. The minimum atomic E-state index is -0.587. The summed E-state index contributed by atoms with van der Waals surface area (Å²) in [6.45, 7) is 0. The molecule has 4 rings (SSSR count). The molecule has 0 saturated carbocycles. The van der Waals surface area contributed by atoms with Crippen molar-refractivity contribution in [1.82, 2.24) is 15.0 Å². The summed E-state index contributed by atoms with van der Waals surface area (Å²) in [5, 5.41) is 32.1. The van der Waals surface area contributed by atoms with Crippen LogP contribution in [0.25, 0.3) is 0 Å². The molecule has 0 atom stereocenters. The van der Waals surface area contributed by atoms with Crippen molar-refractivity contribution < 1.29 is 9.85 Å². The molecule has 4 aromatic rings. The van der Waals surface area contributed by atoms with Gasteiger partial charge in [-0.3, -0.25) is 20.2 Å². The summed E-state index contributed by atoms with van der Waals surface area (Å²) >= 11 is 5.84. The number of rotatable bonds is 9. The van der Waals surface area contributed by atoms with Crippen molar-refractivity contribution in [2.24, 2.45) is 5.10 Å². The van der Waals surface area contributed by atoms with E-state index in [1.54, 1.807) is 6.07 Å². The van der Waals surface area contributed by atoms with Gasteiger partial charge in [-0.25, -0.2) is 5.43 Å². The van der Waals surface area contributed by atoms with E-state index in [-0.39, 0.29) is 34.2 Å². The van der Waals surface area contributed by atoms with Gasteiger partial charge in [0.2, 0.25) is 17.8 Å². The first kappa shape index (κ1) is 24.0. The van der Waals surface area contributed by atoms with Gasteiger partial charge in [-0.2, -0.15) is 20.1 Å². The fourth-order valence-electron chi connectivity index (χ4n) is 2.90. The van der Waals surface area contributed by atoms with E-state index >= 15 is 0 Å². The van der Waals surface area contributed by atoms with Crippen molar-refractivity contribution in [3.05, 3.63) is 104 Å². The van der Waals surface area contributed by atoms with Gasteiger partial charge in [-0.15, -0.1) is 0 Å². The number of hydrogen-bond donors (Lipinski definition) is 3. The lowest BCUT2D eigenvalue weighted by Gasteiger charge is -2.10. The summed E-state index contributed by atoms with van der Waals surface area (Å²) in [5.74, 6) is 0.394. The standard InChI is InChI=1S/C22H16ClN9O4/c23-18-11-6-14(12-19(18)32(35)36)13-24-30-22-28-20(25-15-4-2-1-3-5-15)27-21(29-22)26-16-7-9-17(10-8-16)31(33)34/h1-13H,(H3,25,26,27,28,29,30). The maximum atomic E-state index is 11.1. The molecular weight excluding hydrogens is 490 g/mol. The van der Waals surface area contributed by atoms with E-state index in [1.165, 1.54) is 42.6 Å². The number of anilines is 5. The number of nitro benzene ring substituents is 2. The highest BCUT2D eigenvalue weighted by Gasteiger charge is 2.12. The number of aromatic nitrogens is 3. The summed E-state index contributed by atoms with van der Waals surface area (Å²) in [6, 6.07) is 19.2. The van der Waals surface area contributed by atoms with Gasteiger partial charge in [0.05, 0.1) is 16.1 Å². The lowest BCUT2D eigenvalue weighted by atomic mass is 10.2. The highest BCUT2D eigenvalue weighted by molar-refractivity contribution is 6.32. The van der Waals surface area contributed by atoms with Crippen LogP contribution in [0.4, 0.5) is 40.6 Å². The first-order chi connectivity index (χ1) is 17.4. The second kappa shape index (κ2) is 10.8. The van der Waals surface area contributed by atoms with E-state index in [9.17, 15) is 20.2 Å². The molecule has 0 saturated heterocycles. The van der Waals surface area contributed by atoms with E-state index in [4.69, 9.17) is 11.6 Å². The van der Waals surface area contributed by atoms with Crippen LogP contribution in [-0.4, -0.2) is 31.0 Å². The van der Waals surface area contributed by atoms with Crippen LogP contribution in [0.15, 0.2) is 77.9 Å². The van der Waals surface area contributed by atoms with Crippen molar-refractivity contribution in [3.8, 4) is 0 Å². The normalized spacial score (nSPS) is 10.7. The quantitative estimate of drug-likeness (QED) is 0.154. The third-order valence-electron chi connectivity index (χ3n) is 4.54. The number of nitrogens with one attached hydrogen (secondary N) is 3. The predicted octanol–water partition coefficient (Wildman–Crippen LogP) is 5.27. The zero-order valence-corrected chi connectivity index (χ0v) is 19.0. The smallest absolute Gasteiger partial charge is 0.288 e. The van der Waals surface area contributed by atoms with Crippen molar-refractivity contribution in [2.45, 2.75) is 0 Å². The lowest BCUT2D eigenvalue weighted by Crippen LogP contribution is -2.07. The Morgan fingerprint density at radius 2 is 1.39 bits per heavy atom. The SMILES string of the molecule is O=[N+]([O-])c1ccc(Nc2nc(NN=Cc3ccc(Cl)c([N+](=O)[O-])c3)nc(Nc3ccccc3)n2)cc1. The fraction of sp³-hybridized carbons (Fsp3) is 0. The summed E-state index contributed by atoms with van der Waals surface area (Å²) in [7, 11) is 0. The molecule has 0 aliphatic rings. The molecule has 0 aliphatic heterocycles. The minimum Gasteiger partial charge on any atom is -0.324 e. The van der Waals surface area contributed by atoms with Crippen LogP contribution in [0.3, 0.4) is 0 Å². The van der Waals surface area contributed by atoms with E-state index < -0.39 is 9.85 Å². The molecule has 13 nitrogen and oxygen atoms in total. The fourth-order valence-corrected chi connectivity index (χ4v) is 3.08. The average molecular weight is 506 g/mol. The zero-order chi connectivity index (χ0) is 25.5.